The minimum absolute atomic E-state index is 0.582. The second-order valence-electron chi connectivity index (χ2n) is 8.34. The molecule has 5 rings (SSSR count). The van der Waals surface area contributed by atoms with Crippen LogP contribution < -0.4 is 4.74 Å². The Kier molecular flexibility index (Phi) is 6.68. The Morgan fingerprint density at radius 3 is 2.65 bits per heavy atom. The quantitative estimate of drug-likeness (QED) is 0.422. The van der Waals surface area contributed by atoms with Crippen molar-refractivity contribution in [3.63, 3.8) is 0 Å². The van der Waals surface area contributed by atoms with Crippen LogP contribution in [0.1, 0.15) is 49.0 Å². The second kappa shape index (κ2) is 10.2. The number of benzene rings is 2. The summed E-state index contributed by atoms with van der Waals surface area (Å²) in [6.45, 7) is 4.14. The molecule has 0 fully saturated rings. The second-order valence-corrected chi connectivity index (χ2v) is 9.20. The van der Waals surface area contributed by atoms with Crippen LogP contribution in [0.15, 0.2) is 65.0 Å². The van der Waals surface area contributed by atoms with Crippen molar-refractivity contribution < 1.29 is 4.74 Å². The number of thioether (sulfide) groups is 1. The fourth-order valence-electron chi connectivity index (χ4n) is 4.44. The number of nitrogens with zero attached hydrogens (tertiary/aromatic N) is 5. The Balaban J connectivity index is 1.56. The van der Waals surface area contributed by atoms with Crippen LogP contribution in [0.25, 0.3) is 11.3 Å². The lowest BCUT2D eigenvalue weighted by Crippen LogP contribution is -2.18. The summed E-state index contributed by atoms with van der Waals surface area (Å²) in [4.78, 5) is 2.23. The minimum Gasteiger partial charge on any atom is -0.494 e. The molecule has 2 aromatic carbocycles. The third kappa shape index (κ3) is 4.46. The lowest BCUT2D eigenvalue weighted by Gasteiger charge is -2.25. The lowest BCUT2D eigenvalue weighted by molar-refractivity contribution is 0.340. The van der Waals surface area contributed by atoms with Gasteiger partial charge in [-0.05, 0) is 55.2 Å². The van der Waals surface area contributed by atoms with E-state index in [1.165, 1.54) is 12.0 Å². The highest BCUT2D eigenvalue weighted by molar-refractivity contribution is 8.06. The maximum Gasteiger partial charge on any atom is 0.177 e. The topological polar surface area (TPSA) is 67.0 Å². The van der Waals surface area contributed by atoms with Gasteiger partial charge in [0.2, 0.25) is 0 Å². The van der Waals surface area contributed by atoms with Gasteiger partial charge in [-0.15, -0.1) is 10.2 Å². The van der Waals surface area contributed by atoms with Crippen molar-refractivity contribution in [1.82, 2.24) is 19.7 Å². The molecular weight excluding hydrogens is 442 g/mol. The third-order valence-corrected chi connectivity index (χ3v) is 7.11. The zero-order valence-corrected chi connectivity index (χ0v) is 20.1. The van der Waals surface area contributed by atoms with Crippen molar-refractivity contribution >= 4 is 23.0 Å². The predicted molar refractivity (Wildman–Crippen MR) is 135 cm³/mol. The standard InChI is InChI=1S/C27H27N5OS/c1-2-33-22-14-12-21(13-15-22)24-19-34-27(32(24)18-20-9-5-3-6-10-20)23(17-28)26-30-29-25-11-7-4-8-16-31(25)26/h3,5-6,9-10,12-15,19H,2,4,7-8,11,16,18H2,1H3. The predicted octanol–water partition coefficient (Wildman–Crippen LogP) is 5.84. The SMILES string of the molecule is CCOc1ccc(C2=CSC(=C(C#N)c3nnc4n3CCCCC4)N2Cc2ccccc2)cc1. The molecule has 0 saturated carbocycles. The molecule has 7 heteroatoms. The Morgan fingerprint density at radius 1 is 1.06 bits per heavy atom. The Hall–Kier alpha value is -3.50. The molecule has 2 aliphatic rings. The molecule has 0 spiro atoms. The van der Waals surface area contributed by atoms with Crippen molar-refractivity contribution in [2.75, 3.05) is 6.61 Å². The molecule has 0 aliphatic carbocycles. The summed E-state index contributed by atoms with van der Waals surface area (Å²) in [5.74, 6) is 2.52. The molecule has 0 atom stereocenters. The first-order valence-electron chi connectivity index (χ1n) is 11.8. The number of nitriles is 1. The summed E-state index contributed by atoms with van der Waals surface area (Å²) in [7, 11) is 0. The van der Waals surface area contributed by atoms with Gasteiger partial charge in [-0.1, -0.05) is 48.5 Å². The summed E-state index contributed by atoms with van der Waals surface area (Å²) < 4.78 is 7.77. The van der Waals surface area contributed by atoms with Gasteiger partial charge in [0, 0.05) is 24.9 Å². The van der Waals surface area contributed by atoms with E-state index in [1.807, 2.05) is 37.3 Å². The van der Waals surface area contributed by atoms with Crippen molar-refractivity contribution in [3.8, 4) is 11.8 Å². The van der Waals surface area contributed by atoms with Gasteiger partial charge in [-0.3, -0.25) is 0 Å². The number of aryl methyl sites for hydroxylation is 1. The molecule has 0 amide bonds. The molecular formula is C27H27N5OS. The van der Waals surface area contributed by atoms with Gasteiger partial charge in [-0.25, -0.2) is 0 Å². The highest BCUT2D eigenvalue weighted by Crippen LogP contribution is 2.44. The number of hydrogen-bond acceptors (Lipinski definition) is 6. The van der Waals surface area contributed by atoms with Gasteiger partial charge in [0.25, 0.3) is 0 Å². The highest BCUT2D eigenvalue weighted by atomic mass is 32.2. The molecule has 1 aromatic heterocycles. The average molecular weight is 470 g/mol. The van der Waals surface area contributed by atoms with E-state index in [2.05, 4.69) is 55.4 Å². The molecule has 0 N–H and O–H groups in total. The van der Waals surface area contributed by atoms with Crippen LogP contribution in [-0.2, 0) is 19.5 Å². The molecule has 0 radical (unpaired) electrons. The number of allylic oxidation sites excluding steroid dienone is 1. The maximum atomic E-state index is 10.3. The molecule has 6 nitrogen and oxygen atoms in total. The zero-order chi connectivity index (χ0) is 23.3. The fraction of sp³-hybridized carbons (Fsp3) is 0.296. The van der Waals surface area contributed by atoms with Crippen LogP contribution in [0.3, 0.4) is 0 Å². The van der Waals surface area contributed by atoms with Crippen LogP contribution in [0.5, 0.6) is 5.75 Å². The van der Waals surface area contributed by atoms with Crippen molar-refractivity contribution in [1.29, 1.82) is 5.26 Å². The summed E-state index contributed by atoms with van der Waals surface area (Å²) >= 11 is 1.58. The molecule has 3 heterocycles. The first-order chi connectivity index (χ1) is 16.8. The zero-order valence-electron chi connectivity index (χ0n) is 19.3. The van der Waals surface area contributed by atoms with Crippen LogP contribution in [0.2, 0.25) is 0 Å². The van der Waals surface area contributed by atoms with Crippen LogP contribution in [0, 0.1) is 11.3 Å². The molecule has 0 bridgehead atoms. The van der Waals surface area contributed by atoms with E-state index in [1.54, 1.807) is 11.8 Å². The first kappa shape index (κ1) is 22.3. The molecule has 3 aromatic rings. The maximum absolute atomic E-state index is 10.3. The molecule has 34 heavy (non-hydrogen) atoms. The van der Waals surface area contributed by atoms with Crippen LogP contribution in [0.4, 0.5) is 0 Å². The van der Waals surface area contributed by atoms with Crippen molar-refractivity contribution in [3.05, 3.63) is 87.8 Å². The van der Waals surface area contributed by atoms with E-state index in [-0.39, 0.29) is 0 Å². The van der Waals surface area contributed by atoms with Gasteiger partial charge in [0.05, 0.1) is 12.3 Å². The first-order valence-corrected chi connectivity index (χ1v) is 12.6. The monoisotopic (exact) mass is 469 g/mol. The highest BCUT2D eigenvalue weighted by Gasteiger charge is 2.29. The Morgan fingerprint density at radius 2 is 1.88 bits per heavy atom. The average Bonchev–Trinajstić information content (AvgIpc) is 3.37. The summed E-state index contributed by atoms with van der Waals surface area (Å²) in [6.07, 6.45) is 4.30. The largest absolute Gasteiger partial charge is 0.494 e. The number of fused-ring (bicyclic) bond motifs is 1. The molecule has 0 unspecified atom stereocenters. The number of aromatic nitrogens is 3. The van der Waals surface area contributed by atoms with Gasteiger partial charge in [0.15, 0.2) is 5.82 Å². The lowest BCUT2D eigenvalue weighted by atomic mass is 10.1. The molecule has 0 saturated heterocycles. The van der Waals surface area contributed by atoms with Crippen molar-refractivity contribution in [2.24, 2.45) is 0 Å². The van der Waals surface area contributed by atoms with E-state index >= 15 is 0 Å². The Labute approximate surface area is 204 Å². The van der Waals surface area contributed by atoms with Gasteiger partial charge in [-0.2, -0.15) is 5.26 Å². The molecule has 2 aliphatic heterocycles. The smallest absolute Gasteiger partial charge is 0.177 e. The van der Waals surface area contributed by atoms with Gasteiger partial charge in [0.1, 0.15) is 28.2 Å². The van der Waals surface area contributed by atoms with Gasteiger partial charge >= 0.3 is 0 Å². The molecule has 172 valence electrons. The van der Waals surface area contributed by atoms with E-state index in [0.29, 0.717) is 24.5 Å². The number of hydrogen-bond donors (Lipinski definition) is 0. The Bertz CT molecular complexity index is 1250. The van der Waals surface area contributed by atoms with Crippen LogP contribution in [-0.4, -0.2) is 26.3 Å². The number of ether oxygens (including phenoxy) is 1. The normalized spacial score (nSPS) is 16.9. The minimum atomic E-state index is 0.582. The van der Waals surface area contributed by atoms with E-state index in [9.17, 15) is 5.26 Å². The third-order valence-electron chi connectivity index (χ3n) is 6.12. The fourth-order valence-corrected chi connectivity index (χ4v) is 5.47. The van der Waals surface area contributed by atoms with Gasteiger partial charge < -0.3 is 14.2 Å². The van der Waals surface area contributed by atoms with Crippen molar-refractivity contribution in [2.45, 2.75) is 45.7 Å². The van der Waals surface area contributed by atoms with E-state index in [0.717, 1.165) is 53.7 Å². The summed E-state index contributed by atoms with van der Waals surface area (Å²) in [5.41, 5.74) is 3.91. The van der Waals surface area contributed by atoms with E-state index < -0.39 is 0 Å². The summed E-state index contributed by atoms with van der Waals surface area (Å²) in [6, 6.07) is 21.0. The number of rotatable bonds is 6. The summed E-state index contributed by atoms with van der Waals surface area (Å²) in [5, 5.41) is 22.2. The van der Waals surface area contributed by atoms with E-state index in [4.69, 9.17) is 4.74 Å². The van der Waals surface area contributed by atoms with Crippen LogP contribution >= 0.6 is 11.8 Å².